The number of carbonyl (C=O) groups is 1. The Morgan fingerprint density at radius 2 is 1.19 bits per heavy atom. The van der Waals surface area contributed by atoms with E-state index in [1.807, 2.05) is 37.2 Å². The van der Waals surface area contributed by atoms with Crippen LogP contribution in [-0.2, 0) is 0 Å². The minimum atomic E-state index is -0.525. The molecule has 138 valence electrons. The first-order valence-corrected chi connectivity index (χ1v) is 8.74. The van der Waals surface area contributed by atoms with Gasteiger partial charge in [-0.1, -0.05) is 54.6 Å². The van der Waals surface area contributed by atoms with Crippen molar-refractivity contribution in [3.63, 3.8) is 0 Å². The Kier molecular flexibility index (Phi) is 5.77. The van der Waals surface area contributed by atoms with Gasteiger partial charge in [0.05, 0.1) is 6.04 Å². The second-order valence-electron chi connectivity index (χ2n) is 6.72. The molecule has 0 bridgehead atoms. The number of halogens is 2. The Balaban J connectivity index is 2.12. The van der Waals surface area contributed by atoms with Crippen LogP contribution in [0.1, 0.15) is 27.4 Å². The van der Waals surface area contributed by atoms with Crippen molar-refractivity contribution in [2.45, 2.75) is 12.0 Å². The fraction of sp³-hybridized carbons (Fsp3) is 0.174. The van der Waals surface area contributed by atoms with Crippen LogP contribution in [0.3, 0.4) is 0 Å². The number of hydrogen-bond acceptors (Lipinski definition) is 2. The van der Waals surface area contributed by atoms with Crippen LogP contribution in [0.5, 0.6) is 0 Å². The van der Waals surface area contributed by atoms with Crippen LogP contribution in [0.25, 0.3) is 0 Å². The smallest absolute Gasteiger partial charge is 0.180 e. The van der Waals surface area contributed by atoms with Gasteiger partial charge < -0.3 is 0 Å². The van der Waals surface area contributed by atoms with Gasteiger partial charge in [0, 0.05) is 11.5 Å². The van der Waals surface area contributed by atoms with Gasteiger partial charge in [-0.3, -0.25) is 9.69 Å². The molecule has 0 aliphatic heterocycles. The number of benzene rings is 3. The summed E-state index contributed by atoms with van der Waals surface area (Å²) in [5.74, 6) is -1.09. The highest BCUT2D eigenvalue weighted by Gasteiger charge is 2.33. The quantitative estimate of drug-likeness (QED) is 0.579. The van der Waals surface area contributed by atoms with E-state index in [2.05, 4.69) is 0 Å². The lowest BCUT2D eigenvalue weighted by Crippen LogP contribution is -2.41. The zero-order valence-corrected chi connectivity index (χ0v) is 15.3. The number of rotatable bonds is 6. The highest BCUT2D eigenvalue weighted by atomic mass is 19.1. The summed E-state index contributed by atoms with van der Waals surface area (Å²) in [7, 11) is 3.68. The molecule has 3 rings (SSSR count). The van der Waals surface area contributed by atoms with Gasteiger partial charge >= 0.3 is 0 Å². The van der Waals surface area contributed by atoms with E-state index in [1.54, 1.807) is 36.4 Å². The van der Waals surface area contributed by atoms with Gasteiger partial charge in [-0.15, -0.1) is 0 Å². The van der Waals surface area contributed by atoms with E-state index in [-0.39, 0.29) is 23.3 Å². The molecule has 27 heavy (non-hydrogen) atoms. The number of carbonyl (C=O) groups excluding carboxylic acids is 1. The van der Waals surface area contributed by atoms with Crippen LogP contribution in [0.4, 0.5) is 8.78 Å². The second kappa shape index (κ2) is 8.23. The van der Waals surface area contributed by atoms with Gasteiger partial charge in [-0.2, -0.15) is 0 Å². The Hall–Kier alpha value is -2.85. The lowest BCUT2D eigenvalue weighted by atomic mass is 9.81. The average molecular weight is 365 g/mol. The predicted octanol–water partition coefficient (Wildman–Crippen LogP) is 4.91. The normalized spacial score (nSPS) is 12.4. The van der Waals surface area contributed by atoms with E-state index >= 15 is 0 Å². The second-order valence-corrected chi connectivity index (χ2v) is 6.72. The monoisotopic (exact) mass is 365 g/mol. The average Bonchev–Trinajstić information content (AvgIpc) is 2.68. The lowest BCUT2D eigenvalue weighted by molar-refractivity contribution is 0.0859. The van der Waals surface area contributed by atoms with Gasteiger partial charge in [0.15, 0.2) is 5.78 Å². The van der Waals surface area contributed by atoms with Crippen molar-refractivity contribution in [1.82, 2.24) is 4.90 Å². The number of hydrogen-bond donors (Lipinski definition) is 0. The van der Waals surface area contributed by atoms with E-state index in [9.17, 15) is 13.6 Å². The summed E-state index contributed by atoms with van der Waals surface area (Å²) in [6.45, 7) is 0. The van der Waals surface area contributed by atoms with E-state index in [0.717, 1.165) is 11.1 Å². The van der Waals surface area contributed by atoms with Crippen LogP contribution in [0.15, 0.2) is 78.9 Å². The van der Waals surface area contributed by atoms with Crippen molar-refractivity contribution >= 4 is 5.78 Å². The molecule has 0 aliphatic carbocycles. The third kappa shape index (κ3) is 4.29. The van der Waals surface area contributed by atoms with Gasteiger partial charge in [0.2, 0.25) is 0 Å². The maximum atomic E-state index is 13.5. The van der Waals surface area contributed by atoms with Crippen LogP contribution in [0.2, 0.25) is 0 Å². The predicted molar refractivity (Wildman–Crippen MR) is 103 cm³/mol. The van der Waals surface area contributed by atoms with Crippen molar-refractivity contribution in [3.05, 3.63) is 107 Å². The molecule has 0 saturated carbocycles. The summed E-state index contributed by atoms with van der Waals surface area (Å²) in [4.78, 5) is 15.2. The van der Waals surface area contributed by atoms with Crippen molar-refractivity contribution in [2.24, 2.45) is 0 Å². The minimum absolute atomic E-state index is 0.0424. The van der Waals surface area contributed by atoms with Crippen molar-refractivity contribution in [3.8, 4) is 0 Å². The van der Waals surface area contributed by atoms with Gasteiger partial charge in [0.25, 0.3) is 0 Å². The molecule has 0 N–H and O–H groups in total. The summed E-state index contributed by atoms with van der Waals surface area (Å²) in [6, 6.07) is 20.8. The van der Waals surface area contributed by atoms with Gasteiger partial charge in [0.1, 0.15) is 11.6 Å². The number of nitrogens with zero attached hydrogens (tertiary/aromatic N) is 1. The lowest BCUT2D eigenvalue weighted by Gasteiger charge is -2.32. The topological polar surface area (TPSA) is 20.3 Å². The molecule has 0 spiro atoms. The standard InChI is InChI=1S/C23H21F2NO/c1-26(2)22(23(27)18-6-4-3-5-7-18)21(16-8-12-19(24)13-9-16)17-10-14-20(25)15-11-17/h3-15,21-22H,1-2H3/t22-/m0/s1. The molecule has 1 atom stereocenters. The molecular weight excluding hydrogens is 344 g/mol. The highest BCUT2D eigenvalue weighted by molar-refractivity contribution is 6.01. The summed E-state index contributed by atoms with van der Waals surface area (Å²) >= 11 is 0. The van der Waals surface area contributed by atoms with Crippen LogP contribution < -0.4 is 0 Å². The van der Waals surface area contributed by atoms with Crippen molar-refractivity contribution in [1.29, 1.82) is 0 Å². The van der Waals surface area contributed by atoms with E-state index in [1.165, 1.54) is 24.3 Å². The number of likely N-dealkylation sites (N-methyl/N-ethyl adjacent to an activating group) is 1. The molecule has 0 aromatic heterocycles. The zero-order valence-electron chi connectivity index (χ0n) is 15.3. The first kappa shape index (κ1) is 18.9. The van der Waals surface area contributed by atoms with Gasteiger partial charge in [-0.05, 0) is 49.5 Å². The van der Waals surface area contributed by atoms with E-state index < -0.39 is 6.04 Å². The summed E-state index contributed by atoms with van der Waals surface area (Å²) in [5.41, 5.74) is 2.20. The molecule has 0 fully saturated rings. The Morgan fingerprint density at radius 1 is 0.741 bits per heavy atom. The SMILES string of the molecule is CN(C)[C@H](C(=O)c1ccccc1)C(c1ccc(F)cc1)c1ccc(F)cc1. The fourth-order valence-corrected chi connectivity index (χ4v) is 3.35. The summed E-state index contributed by atoms with van der Waals surface area (Å²) in [6.07, 6.45) is 0. The Morgan fingerprint density at radius 3 is 1.59 bits per heavy atom. The molecule has 0 saturated heterocycles. The molecule has 4 heteroatoms. The van der Waals surface area contributed by atoms with E-state index in [0.29, 0.717) is 5.56 Å². The summed E-state index contributed by atoms with van der Waals surface area (Å²) in [5, 5.41) is 0. The molecular formula is C23H21F2NO. The largest absolute Gasteiger partial charge is 0.299 e. The Labute approximate surface area is 158 Å². The molecule has 0 unspecified atom stereocenters. The molecule has 3 aromatic rings. The number of ketones is 1. The molecule has 0 aliphatic rings. The maximum Gasteiger partial charge on any atom is 0.180 e. The number of Topliss-reactive ketones (excluding diaryl/α,β-unsaturated/α-hetero) is 1. The third-order valence-electron chi connectivity index (χ3n) is 4.66. The molecule has 3 aromatic carbocycles. The fourth-order valence-electron chi connectivity index (χ4n) is 3.35. The van der Waals surface area contributed by atoms with Crippen LogP contribution >= 0.6 is 0 Å². The molecule has 2 nitrogen and oxygen atoms in total. The first-order valence-electron chi connectivity index (χ1n) is 8.74. The van der Waals surface area contributed by atoms with Gasteiger partial charge in [-0.25, -0.2) is 8.78 Å². The maximum absolute atomic E-state index is 13.5. The van der Waals surface area contributed by atoms with Crippen LogP contribution in [0, 0.1) is 11.6 Å². The third-order valence-corrected chi connectivity index (χ3v) is 4.66. The molecule has 0 radical (unpaired) electrons. The highest BCUT2D eigenvalue weighted by Crippen LogP contribution is 2.32. The van der Waals surface area contributed by atoms with E-state index in [4.69, 9.17) is 0 Å². The summed E-state index contributed by atoms with van der Waals surface area (Å²) < 4.78 is 26.9. The van der Waals surface area contributed by atoms with Crippen LogP contribution in [-0.4, -0.2) is 30.8 Å². The first-order chi connectivity index (χ1) is 13.0. The molecule has 0 heterocycles. The molecule has 0 amide bonds. The van der Waals surface area contributed by atoms with Crippen molar-refractivity contribution < 1.29 is 13.6 Å². The van der Waals surface area contributed by atoms with Crippen molar-refractivity contribution in [2.75, 3.05) is 14.1 Å². The zero-order chi connectivity index (χ0) is 19.4. The minimum Gasteiger partial charge on any atom is -0.299 e. The Bertz CT molecular complexity index is 844.